The van der Waals surface area contributed by atoms with Crippen molar-refractivity contribution >= 4 is 28.4 Å². The van der Waals surface area contributed by atoms with Crippen molar-refractivity contribution in [2.45, 2.75) is 45.2 Å². The molecule has 35 heavy (non-hydrogen) atoms. The molecule has 0 radical (unpaired) electrons. The summed E-state index contributed by atoms with van der Waals surface area (Å²) >= 11 is 0. The minimum absolute atomic E-state index is 0.286. The molecule has 0 saturated heterocycles. The third-order valence-electron chi connectivity index (χ3n) is 4.89. The zero-order valence-corrected chi connectivity index (χ0v) is 21.4. The third-order valence-corrected chi connectivity index (χ3v) is 5.73. The minimum atomic E-state index is -1.37. The van der Waals surface area contributed by atoms with Gasteiger partial charge >= 0.3 is 0 Å². The van der Waals surface area contributed by atoms with Crippen molar-refractivity contribution in [2.24, 2.45) is 0 Å². The van der Waals surface area contributed by atoms with Crippen molar-refractivity contribution in [1.82, 2.24) is 20.1 Å². The highest BCUT2D eigenvalue weighted by atomic mass is 32.2. The smallest absolute Gasteiger partial charge is 0.252 e. The van der Waals surface area contributed by atoms with Gasteiger partial charge in [0.05, 0.1) is 34.4 Å². The van der Waals surface area contributed by atoms with E-state index in [0.29, 0.717) is 28.1 Å². The van der Waals surface area contributed by atoms with E-state index in [-0.39, 0.29) is 16.8 Å². The van der Waals surface area contributed by atoms with Crippen molar-refractivity contribution in [3.8, 4) is 5.69 Å². The number of aromatic amines is 1. The van der Waals surface area contributed by atoms with Crippen molar-refractivity contribution < 1.29 is 13.4 Å². The molecule has 2 atom stereocenters. The van der Waals surface area contributed by atoms with Crippen LogP contribution in [0.15, 0.2) is 65.1 Å². The highest BCUT2D eigenvalue weighted by Gasteiger charge is 2.21. The molecule has 0 fully saturated rings. The Morgan fingerprint density at radius 3 is 2.46 bits per heavy atom. The number of allylic oxidation sites excluding steroid dienone is 1. The molecule has 2 N–H and O–H groups in total. The van der Waals surface area contributed by atoms with Gasteiger partial charge in [-0.25, -0.2) is 9.07 Å². The van der Waals surface area contributed by atoms with E-state index in [2.05, 4.69) is 35.8 Å². The molecule has 3 rings (SSSR count). The molecule has 0 aliphatic heterocycles. The van der Waals surface area contributed by atoms with Gasteiger partial charge in [0, 0.05) is 23.5 Å². The molecule has 0 bridgehead atoms. The Bertz CT molecular complexity index is 1290. The van der Waals surface area contributed by atoms with E-state index < -0.39 is 22.4 Å². The predicted molar refractivity (Wildman–Crippen MR) is 139 cm³/mol. The molecule has 1 amide bonds. The van der Waals surface area contributed by atoms with E-state index in [9.17, 15) is 18.2 Å². The Kier molecular flexibility index (Phi) is 10.1. The molecule has 9 heteroatoms. The number of hydrogen-bond acceptors (Lipinski definition) is 4. The van der Waals surface area contributed by atoms with E-state index in [1.165, 1.54) is 30.9 Å². The number of H-pyrrole nitrogens is 1. The Hall–Kier alpha value is -3.59. The molecule has 0 aliphatic carbocycles. The van der Waals surface area contributed by atoms with Gasteiger partial charge in [0.1, 0.15) is 10.8 Å². The zero-order chi connectivity index (χ0) is 26.1. The van der Waals surface area contributed by atoms with Crippen LogP contribution in [-0.4, -0.2) is 31.1 Å². The lowest BCUT2D eigenvalue weighted by atomic mass is 10.0. The summed E-state index contributed by atoms with van der Waals surface area (Å²) in [5.74, 6) is -0.736. The number of halogens is 1. The van der Waals surface area contributed by atoms with Crippen molar-refractivity contribution in [1.29, 1.82) is 0 Å². The first-order valence-electron chi connectivity index (χ1n) is 11.2. The summed E-state index contributed by atoms with van der Waals surface area (Å²) in [6, 6.07) is 8.26. The van der Waals surface area contributed by atoms with Gasteiger partial charge in [-0.15, -0.1) is 0 Å². The number of amides is 1. The number of hydrogen-bond donors (Lipinski definition) is 2. The maximum Gasteiger partial charge on any atom is 0.252 e. The molecule has 7 nitrogen and oxygen atoms in total. The lowest BCUT2D eigenvalue weighted by molar-refractivity contribution is -0.116. The number of benzene rings is 1. The molecular weight excluding hydrogens is 467 g/mol. The van der Waals surface area contributed by atoms with Crippen LogP contribution in [0.2, 0.25) is 0 Å². The first kappa shape index (κ1) is 27.7. The van der Waals surface area contributed by atoms with E-state index in [4.69, 9.17) is 0 Å². The quantitative estimate of drug-likeness (QED) is 0.458. The maximum absolute atomic E-state index is 13.3. The van der Waals surface area contributed by atoms with Crippen LogP contribution in [0.3, 0.4) is 0 Å². The number of carbonyl (C=O) groups is 1. The molecule has 186 valence electrons. The Labute approximate surface area is 207 Å². The molecule has 2 unspecified atom stereocenters. The number of nitrogens with one attached hydrogen (secondary N) is 2. The third kappa shape index (κ3) is 6.95. The number of pyridine rings is 1. The summed E-state index contributed by atoms with van der Waals surface area (Å²) in [7, 11) is -1.37. The van der Waals surface area contributed by atoms with Gasteiger partial charge in [0.25, 0.3) is 5.91 Å². The topological polar surface area (TPSA) is 96.8 Å². The summed E-state index contributed by atoms with van der Waals surface area (Å²) in [6.07, 6.45) is 7.49. The zero-order valence-electron chi connectivity index (χ0n) is 20.6. The van der Waals surface area contributed by atoms with Crippen LogP contribution >= 0.6 is 0 Å². The van der Waals surface area contributed by atoms with Crippen LogP contribution in [0.5, 0.6) is 0 Å². The summed E-state index contributed by atoms with van der Waals surface area (Å²) in [5.41, 5.74) is 2.26. The molecule has 1 aromatic carbocycles. The molecule has 2 aromatic heterocycles. The number of aromatic nitrogens is 3. The van der Waals surface area contributed by atoms with Gasteiger partial charge < -0.3 is 10.3 Å². The van der Waals surface area contributed by atoms with Gasteiger partial charge in [-0.1, -0.05) is 32.9 Å². The standard InChI is InChI=1S/C23H23FN4O3S.C3H8/c1-5-18(19-13-25-28(20(19)6-2)17-9-7-16(24)8-10-17)23(30)26-14(3)15-11-21(29)27-22(12-15)32(4)31;1-3-2/h5-14H,2H2,1,3-4H3,(H,26,30)(H,27,29);3H2,1-2H3/b18-5+;. The van der Waals surface area contributed by atoms with Crippen LogP contribution in [0.1, 0.15) is 57.0 Å². The van der Waals surface area contributed by atoms with Crippen LogP contribution in [0, 0.1) is 5.82 Å². The summed E-state index contributed by atoms with van der Waals surface area (Å²) < 4.78 is 26.6. The molecule has 0 spiro atoms. The average molecular weight is 499 g/mol. The lowest BCUT2D eigenvalue weighted by Crippen LogP contribution is -2.28. The summed E-state index contributed by atoms with van der Waals surface area (Å²) in [6.45, 7) is 11.5. The van der Waals surface area contributed by atoms with Crippen LogP contribution in [-0.2, 0) is 15.6 Å². The minimum Gasteiger partial charge on any atom is -0.346 e. The van der Waals surface area contributed by atoms with Crippen molar-refractivity contribution in [3.63, 3.8) is 0 Å². The summed E-state index contributed by atoms with van der Waals surface area (Å²) in [4.78, 5) is 27.5. The van der Waals surface area contributed by atoms with Crippen LogP contribution in [0.4, 0.5) is 4.39 Å². The Balaban J connectivity index is 0.00000137. The van der Waals surface area contributed by atoms with E-state index in [1.807, 2.05) is 0 Å². The average Bonchev–Trinajstić information content (AvgIpc) is 3.23. The summed E-state index contributed by atoms with van der Waals surface area (Å²) in [5, 5.41) is 7.49. The van der Waals surface area contributed by atoms with E-state index >= 15 is 0 Å². The van der Waals surface area contributed by atoms with Gasteiger partial charge in [-0.3, -0.25) is 13.8 Å². The van der Waals surface area contributed by atoms with Crippen molar-refractivity contribution in [3.05, 3.63) is 88.2 Å². The Morgan fingerprint density at radius 1 is 1.29 bits per heavy atom. The largest absolute Gasteiger partial charge is 0.346 e. The SMILES string of the molecule is C=Cc1c(/C(=C\C)C(=O)NC(C)c2cc(S(C)=O)[nH]c(=O)c2)cnn1-c1ccc(F)cc1.CCC. The fourth-order valence-corrected chi connectivity index (χ4v) is 3.81. The first-order chi connectivity index (χ1) is 16.7. The normalized spacial score (nSPS) is 12.8. The first-order valence-corrected chi connectivity index (χ1v) is 12.7. The number of rotatable bonds is 7. The lowest BCUT2D eigenvalue weighted by Gasteiger charge is -2.16. The van der Waals surface area contributed by atoms with Gasteiger partial charge in [0.2, 0.25) is 5.56 Å². The molecule has 2 heterocycles. The maximum atomic E-state index is 13.3. The fraction of sp³-hybridized carbons (Fsp3) is 0.269. The van der Waals surface area contributed by atoms with Gasteiger partial charge in [-0.2, -0.15) is 5.10 Å². The van der Waals surface area contributed by atoms with Crippen LogP contribution < -0.4 is 10.9 Å². The second-order valence-corrected chi connectivity index (χ2v) is 9.08. The molecular formula is C26H31FN4O3S. The predicted octanol–water partition coefficient (Wildman–Crippen LogP) is 4.78. The second kappa shape index (κ2) is 12.8. The van der Waals surface area contributed by atoms with E-state index in [0.717, 1.165) is 0 Å². The Morgan fingerprint density at radius 2 is 1.91 bits per heavy atom. The second-order valence-electron chi connectivity index (χ2n) is 7.74. The number of nitrogens with zero attached hydrogens (tertiary/aromatic N) is 2. The molecule has 0 aliphatic rings. The fourth-order valence-electron chi connectivity index (χ4n) is 3.26. The van der Waals surface area contributed by atoms with E-state index in [1.54, 1.807) is 55.1 Å². The monoisotopic (exact) mass is 498 g/mol. The molecule has 3 aromatic rings. The highest BCUT2D eigenvalue weighted by molar-refractivity contribution is 7.84. The van der Waals surface area contributed by atoms with Crippen molar-refractivity contribution in [2.75, 3.05) is 6.26 Å². The number of carbonyl (C=O) groups excluding carboxylic acids is 1. The van der Waals surface area contributed by atoms with Gasteiger partial charge in [-0.05, 0) is 55.8 Å². The van der Waals surface area contributed by atoms with Crippen LogP contribution in [0.25, 0.3) is 17.3 Å². The highest BCUT2D eigenvalue weighted by Crippen LogP contribution is 2.24. The molecule has 0 saturated carbocycles. The van der Waals surface area contributed by atoms with Gasteiger partial charge in [0.15, 0.2) is 0 Å².